The van der Waals surface area contributed by atoms with Crippen LogP contribution in [-0.2, 0) is 19.1 Å². The second kappa shape index (κ2) is 8.29. The Morgan fingerprint density at radius 2 is 1.52 bits per heavy atom. The Bertz CT molecular complexity index is 453. The van der Waals surface area contributed by atoms with Gasteiger partial charge in [0.15, 0.2) is 0 Å². The first kappa shape index (κ1) is 17.0. The zero-order valence-electron chi connectivity index (χ0n) is 12.9. The van der Waals surface area contributed by atoms with Gasteiger partial charge in [0.25, 0.3) is 0 Å². The van der Waals surface area contributed by atoms with E-state index in [-0.39, 0.29) is 18.6 Å². The second-order valence-electron chi connectivity index (χ2n) is 5.15. The van der Waals surface area contributed by atoms with Gasteiger partial charge < -0.3 is 14.2 Å². The molecule has 0 radical (unpaired) electrons. The van der Waals surface area contributed by atoms with Crippen LogP contribution in [0.5, 0.6) is 5.75 Å². The molecular formula is C16H22O5. The fourth-order valence-corrected chi connectivity index (χ4v) is 1.61. The first-order chi connectivity index (χ1) is 9.88. The van der Waals surface area contributed by atoms with E-state index in [1.165, 1.54) is 0 Å². The van der Waals surface area contributed by atoms with E-state index in [1.54, 1.807) is 52.0 Å². The normalized spacial score (nSPS) is 12.1. The van der Waals surface area contributed by atoms with Crippen molar-refractivity contribution in [2.75, 3.05) is 0 Å². The average molecular weight is 294 g/mol. The summed E-state index contributed by atoms with van der Waals surface area (Å²) in [6.07, 6.45) is -1.71. The number of para-hydroxylation sites is 1. The van der Waals surface area contributed by atoms with Crippen LogP contribution in [0.4, 0.5) is 0 Å². The van der Waals surface area contributed by atoms with Crippen LogP contribution in [-0.4, -0.2) is 30.3 Å². The molecule has 5 heteroatoms. The van der Waals surface area contributed by atoms with Crippen molar-refractivity contribution in [2.24, 2.45) is 0 Å². The van der Waals surface area contributed by atoms with Crippen LogP contribution in [0.2, 0.25) is 0 Å². The molecule has 0 fully saturated rings. The number of ether oxygens (including phenoxy) is 3. The van der Waals surface area contributed by atoms with Crippen molar-refractivity contribution < 1.29 is 23.8 Å². The molecule has 5 nitrogen and oxygen atoms in total. The molecule has 0 aliphatic heterocycles. The lowest BCUT2D eigenvalue weighted by Crippen LogP contribution is -2.34. The van der Waals surface area contributed by atoms with Gasteiger partial charge in [-0.05, 0) is 39.8 Å². The summed E-state index contributed by atoms with van der Waals surface area (Å²) < 4.78 is 15.7. The lowest BCUT2D eigenvalue weighted by Gasteiger charge is -2.19. The van der Waals surface area contributed by atoms with Crippen molar-refractivity contribution in [2.45, 2.75) is 52.4 Å². The van der Waals surface area contributed by atoms with E-state index in [2.05, 4.69) is 0 Å². The maximum Gasteiger partial charge on any atom is 0.348 e. The molecule has 0 aliphatic carbocycles. The fraction of sp³-hybridized carbons (Fsp3) is 0.500. The molecule has 0 saturated carbocycles. The van der Waals surface area contributed by atoms with E-state index >= 15 is 0 Å². The number of carbonyl (C=O) groups is 2. The first-order valence-corrected chi connectivity index (χ1v) is 7.00. The number of carbonyl (C=O) groups excluding carboxylic acids is 2. The lowest BCUT2D eigenvalue weighted by molar-refractivity contribution is -0.162. The molecule has 0 bridgehead atoms. The standard InChI is InChI=1S/C16H22O5/c1-11(2)19-15(17)10-14(16(18)20-12(3)4)21-13-8-6-5-7-9-13/h5-9,11-12,14H,10H2,1-4H3. The van der Waals surface area contributed by atoms with Crippen LogP contribution in [0, 0.1) is 0 Å². The molecule has 1 rings (SSSR count). The molecule has 1 aromatic rings. The highest BCUT2D eigenvalue weighted by Crippen LogP contribution is 2.15. The summed E-state index contributed by atoms with van der Waals surface area (Å²) in [5, 5.41) is 0. The van der Waals surface area contributed by atoms with Crippen molar-refractivity contribution >= 4 is 11.9 Å². The SMILES string of the molecule is CC(C)OC(=O)CC(Oc1ccccc1)C(=O)OC(C)C. The van der Waals surface area contributed by atoms with Crippen LogP contribution in [0.15, 0.2) is 30.3 Å². The molecule has 0 spiro atoms. The van der Waals surface area contributed by atoms with E-state index in [0.717, 1.165) is 0 Å². The van der Waals surface area contributed by atoms with Crippen LogP contribution in [0.25, 0.3) is 0 Å². The number of rotatable bonds is 7. The van der Waals surface area contributed by atoms with E-state index < -0.39 is 18.0 Å². The average Bonchev–Trinajstić information content (AvgIpc) is 2.37. The smallest absolute Gasteiger partial charge is 0.348 e. The molecule has 0 heterocycles. The van der Waals surface area contributed by atoms with Gasteiger partial charge in [0, 0.05) is 0 Å². The van der Waals surface area contributed by atoms with Gasteiger partial charge in [-0.3, -0.25) is 4.79 Å². The predicted octanol–water partition coefficient (Wildman–Crippen LogP) is 2.73. The van der Waals surface area contributed by atoms with Gasteiger partial charge in [-0.15, -0.1) is 0 Å². The zero-order chi connectivity index (χ0) is 15.8. The Kier molecular flexibility index (Phi) is 6.72. The summed E-state index contributed by atoms with van der Waals surface area (Å²) in [7, 11) is 0. The first-order valence-electron chi connectivity index (χ1n) is 7.00. The maximum atomic E-state index is 12.0. The van der Waals surface area contributed by atoms with Crippen LogP contribution in [0.1, 0.15) is 34.1 Å². The van der Waals surface area contributed by atoms with E-state index in [1.807, 2.05) is 6.07 Å². The lowest BCUT2D eigenvalue weighted by atomic mass is 10.2. The van der Waals surface area contributed by atoms with Gasteiger partial charge in [-0.1, -0.05) is 18.2 Å². The van der Waals surface area contributed by atoms with Crippen molar-refractivity contribution in [1.29, 1.82) is 0 Å². The van der Waals surface area contributed by atoms with Crippen LogP contribution in [0.3, 0.4) is 0 Å². The van der Waals surface area contributed by atoms with Crippen molar-refractivity contribution in [3.8, 4) is 5.75 Å². The van der Waals surface area contributed by atoms with Crippen LogP contribution < -0.4 is 4.74 Å². The van der Waals surface area contributed by atoms with Gasteiger partial charge in [0.1, 0.15) is 5.75 Å². The molecule has 0 aromatic heterocycles. The fourth-order valence-electron chi connectivity index (χ4n) is 1.61. The molecule has 116 valence electrons. The molecule has 0 N–H and O–H groups in total. The van der Waals surface area contributed by atoms with E-state index in [4.69, 9.17) is 14.2 Å². The highest BCUT2D eigenvalue weighted by molar-refractivity contribution is 5.82. The van der Waals surface area contributed by atoms with Gasteiger partial charge in [0.2, 0.25) is 6.10 Å². The van der Waals surface area contributed by atoms with Gasteiger partial charge >= 0.3 is 11.9 Å². The Labute approximate surface area is 125 Å². The molecule has 0 aliphatic rings. The molecule has 1 aromatic carbocycles. The monoisotopic (exact) mass is 294 g/mol. The molecule has 0 saturated heterocycles. The third-order valence-corrected chi connectivity index (χ3v) is 2.36. The molecule has 1 atom stereocenters. The van der Waals surface area contributed by atoms with E-state index in [9.17, 15) is 9.59 Å². The second-order valence-corrected chi connectivity index (χ2v) is 5.15. The number of hydrogen-bond acceptors (Lipinski definition) is 5. The van der Waals surface area contributed by atoms with Crippen molar-refractivity contribution in [3.05, 3.63) is 30.3 Å². The predicted molar refractivity (Wildman–Crippen MR) is 77.9 cm³/mol. The maximum absolute atomic E-state index is 12.0. The minimum Gasteiger partial charge on any atom is -0.478 e. The van der Waals surface area contributed by atoms with Gasteiger partial charge in [-0.2, -0.15) is 0 Å². The Hall–Kier alpha value is -2.04. The summed E-state index contributed by atoms with van der Waals surface area (Å²) >= 11 is 0. The van der Waals surface area contributed by atoms with E-state index in [0.29, 0.717) is 5.75 Å². The number of esters is 2. The Morgan fingerprint density at radius 1 is 0.952 bits per heavy atom. The van der Waals surface area contributed by atoms with Crippen molar-refractivity contribution in [1.82, 2.24) is 0 Å². The van der Waals surface area contributed by atoms with Gasteiger partial charge in [-0.25, -0.2) is 4.79 Å². The molecular weight excluding hydrogens is 272 g/mol. The van der Waals surface area contributed by atoms with Crippen molar-refractivity contribution in [3.63, 3.8) is 0 Å². The molecule has 21 heavy (non-hydrogen) atoms. The highest BCUT2D eigenvalue weighted by atomic mass is 16.6. The summed E-state index contributed by atoms with van der Waals surface area (Å²) in [6, 6.07) is 8.83. The number of benzene rings is 1. The summed E-state index contributed by atoms with van der Waals surface area (Å²) in [4.78, 5) is 23.8. The third-order valence-electron chi connectivity index (χ3n) is 2.36. The quantitative estimate of drug-likeness (QED) is 0.724. The summed E-state index contributed by atoms with van der Waals surface area (Å²) in [5.41, 5.74) is 0. The number of hydrogen-bond donors (Lipinski definition) is 0. The van der Waals surface area contributed by atoms with Crippen LogP contribution >= 0.6 is 0 Å². The minimum atomic E-state index is -1.01. The molecule has 0 amide bonds. The largest absolute Gasteiger partial charge is 0.478 e. The highest BCUT2D eigenvalue weighted by Gasteiger charge is 2.27. The minimum absolute atomic E-state index is 0.182. The summed E-state index contributed by atoms with van der Waals surface area (Å²) in [5.74, 6) is -0.568. The Balaban J connectivity index is 2.74. The molecule has 1 unspecified atom stereocenters. The third kappa shape index (κ3) is 6.79. The van der Waals surface area contributed by atoms with Gasteiger partial charge in [0.05, 0.1) is 18.6 Å². The zero-order valence-corrected chi connectivity index (χ0v) is 12.9. The Morgan fingerprint density at radius 3 is 2.05 bits per heavy atom. The summed E-state index contributed by atoms with van der Waals surface area (Å²) in [6.45, 7) is 6.97. The topological polar surface area (TPSA) is 61.8 Å².